The average molecular weight is 740 g/mol. The van der Waals surface area contributed by atoms with Crippen molar-refractivity contribution in [2.75, 3.05) is 0 Å². The topological polar surface area (TPSA) is 219 Å². The molecule has 0 saturated heterocycles. The van der Waals surface area contributed by atoms with E-state index in [4.69, 9.17) is 15.0 Å². The van der Waals surface area contributed by atoms with Crippen LogP contribution in [-0.4, -0.2) is 68.9 Å². The zero-order chi connectivity index (χ0) is 37.3. The highest BCUT2D eigenvalue weighted by Gasteiger charge is 2.57. The summed E-state index contributed by atoms with van der Waals surface area (Å²) < 4.78 is 113. The molecule has 3 saturated carbocycles. The summed E-state index contributed by atoms with van der Waals surface area (Å²) in [4.78, 5) is 22.2. The zero-order valence-corrected chi connectivity index (χ0v) is 30.5. The average Bonchev–Trinajstić information content (AvgIpc) is 3.62. The Balaban J connectivity index is 0.000000364. The van der Waals surface area contributed by atoms with Crippen molar-refractivity contribution in [2.45, 2.75) is 138 Å². The number of nitrogens with two attached hydrogens (primary N) is 2. The molecule has 47 heavy (non-hydrogen) atoms. The van der Waals surface area contributed by atoms with Gasteiger partial charge < -0.3 is 9.47 Å². The molecule has 0 radical (unpaired) electrons. The molecule has 19 heteroatoms. The quantitative estimate of drug-likeness (QED) is 0.214. The molecular weight excluding hydrogens is 692 g/mol. The number of amides is 1. The standard InChI is InChI=1S/C12H21NO4S.C9H14F3NO4S.C7H13NO2S/c1-9(2)8-12(6-7-12)18(15,16)13-10(14)17-11(3,4)5;1-7(2,17-6(14)9(10,11)12)5-8(3-4-8)18(13,15)16;1-6(2)5-7(3-4-7)11(8,9)10/h1,6-8H2,2-5H3,(H,13,14);3-5H2,1-2H3,(H2,13,15,16);5H,3-4H2,1-2H3,(H2,8,9,10). The second-order valence-corrected chi connectivity index (χ2v) is 20.2. The summed E-state index contributed by atoms with van der Waals surface area (Å²) in [5.74, 6) is -2.34. The third-order valence-electron chi connectivity index (χ3n) is 7.24. The van der Waals surface area contributed by atoms with Crippen LogP contribution in [0.2, 0.25) is 0 Å². The van der Waals surface area contributed by atoms with Crippen LogP contribution < -0.4 is 15.0 Å². The van der Waals surface area contributed by atoms with Crippen LogP contribution >= 0.6 is 0 Å². The lowest BCUT2D eigenvalue weighted by Gasteiger charge is -2.29. The van der Waals surface area contributed by atoms with Crippen molar-refractivity contribution in [1.29, 1.82) is 0 Å². The number of hydrogen-bond acceptors (Lipinski definition) is 10. The third-order valence-corrected chi connectivity index (χ3v) is 12.8. The first kappa shape index (κ1) is 42.8. The van der Waals surface area contributed by atoms with E-state index in [1.54, 1.807) is 33.8 Å². The summed E-state index contributed by atoms with van der Waals surface area (Å²) in [6, 6.07) is 0. The molecule has 274 valence electrons. The molecule has 3 fully saturated rings. The molecular formula is C28H48F3N3O10S3. The van der Waals surface area contributed by atoms with E-state index in [2.05, 4.69) is 11.3 Å². The second kappa shape index (κ2) is 14.0. The van der Waals surface area contributed by atoms with Gasteiger partial charge in [0.1, 0.15) is 15.9 Å². The van der Waals surface area contributed by atoms with Crippen LogP contribution in [0, 0.1) is 0 Å². The van der Waals surface area contributed by atoms with Gasteiger partial charge in [0.2, 0.25) is 30.1 Å². The van der Waals surface area contributed by atoms with Crippen LogP contribution in [0.15, 0.2) is 23.8 Å². The Kier molecular flexibility index (Phi) is 12.7. The molecule has 0 aromatic heterocycles. The molecule has 0 aromatic rings. The maximum Gasteiger partial charge on any atom is 0.490 e. The van der Waals surface area contributed by atoms with Gasteiger partial charge in [0.25, 0.3) is 0 Å². The first-order valence-electron chi connectivity index (χ1n) is 14.5. The van der Waals surface area contributed by atoms with E-state index in [1.165, 1.54) is 13.8 Å². The van der Waals surface area contributed by atoms with Crippen LogP contribution in [-0.2, 0) is 44.3 Å². The number of nitrogens with one attached hydrogen (secondary N) is 1. The Morgan fingerprint density at radius 2 is 1.26 bits per heavy atom. The second-order valence-electron chi connectivity index (χ2n) is 14.3. The fourth-order valence-corrected chi connectivity index (χ4v) is 8.57. The molecule has 0 unspecified atom stereocenters. The van der Waals surface area contributed by atoms with E-state index < -0.39 is 73.8 Å². The van der Waals surface area contributed by atoms with Gasteiger partial charge in [-0.1, -0.05) is 17.2 Å². The summed E-state index contributed by atoms with van der Waals surface area (Å²) in [7, 11) is -10.9. The Morgan fingerprint density at radius 3 is 1.51 bits per heavy atom. The van der Waals surface area contributed by atoms with Crippen LogP contribution in [0.25, 0.3) is 0 Å². The number of hydrogen-bond donors (Lipinski definition) is 3. The van der Waals surface area contributed by atoms with Gasteiger partial charge in [-0.2, -0.15) is 13.2 Å². The molecule has 0 spiro atoms. The number of carbonyl (C=O) groups is 2. The minimum atomic E-state index is -5.10. The molecule has 3 rings (SSSR count). The number of carbonyl (C=O) groups excluding carboxylic acids is 2. The van der Waals surface area contributed by atoms with E-state index >= 15 is 0 Å². The number of halogens is 3. The smallest absolute Gasteiger partial charge is 0.453 e. The number of sulfonamides is 3. The van der Waals surface area contributed by atoms with Gasteiger partial charge in [-0.05, 0) is 100 Å². The van der Waals surface area contributed by atoms with Gasteiger partial charge in [-0.15, -0.1) is 6.58 Å². The van der Waals surface area contributed by atoms with Crippen molar-refractivity contribution in [3.05, 3.63) is 23.8 Å². The molecule has 0 aromatic carbocycles. The molecule has 3 aliphatic rings. The largest absolute Gasteiger partial charge is 0.490 e. The first-order chi connectivity index (χ1) is 20.6. The molecule has 0 heterocycles. The highest BCUT2D eigenvalue weighted by atomic mass is 32.2. The lowest BCUT2D eigenvalue weighted by atomic mass is 10.0. The fourth-order valence-electron chi connectivity index (χ4n) is 4.73. The van der Waals surface area contributed by atoms with Crippen LogP contribution in [0.5, 0.6) is 0 Å². The highest BCUT2D eigenvalue weighted by molar-refractivity contribution is 7.92. The summed E-state index contributed by atoms with van der Waals surface area (Å²) in [6.45, 7) is 16.8. The Morgan fingerprint density at radius 1 is 0.809 bits per heavy atom. The van der Waals surface area contributed by atoms with Gasteiger partial charge in [-0.3, -0.25) is 0 Å². The highest BCUT2D eigenvalue weighted by Crippen LogP contribution is 2.49. The first-order valence-corrected chi connectivity index (χ1v) is 19.1. The van der Waals surface area contributed by atoms with Gasteiger partial charge in [0, 0.05) is 6.42 Å². The van der Waals surface area contributed by atoms with E-state index in [1.807, 2.05) is 18.6 Å². The minimum Gasteiger partial charge on any atom is -0.453 e. The van der Waals surface area contributed by atoms with E-state index in [-0.39, 0.29) is 19.3 Å². The molecule has 0 atom stereocenters. The van der Waals surface area contributed by atoms with Crippen LogP contribution in [0.4, 0.5) is 18.0 Å². The summed E-state index contributed by atoms with van der Waals surface area (Å²) >= 11 is 0. The molecule has 1 amide bonds. The number of rotatable bonds is 10. The van der Waals surface area contributed by atoms with Crippen molar-refractivity contribution >= 4 is 42.1 Å². The van der Waals surface area contributed by atoms with Crippen molar-refractivity contribution in [3.63, 3.8) is 0 Å². The number of primary sulfonamides is 2. The van der Waals surface area contributed by atoms with Crippen molar-refractivity contribution in [3.8, 4) is 0 Å². The summed E-state index contributed by atoms with van der Waals surface area (Å²) in [5.41, 5.74) is -0.459. The normalized spacial score (nSPS) is 19.3. The number of allylic oxidation sites excluding steroid dienone is 2. The van der Waals surface area contributed by atoms with Crippen LogP contribution in [0.3, 0.4) is 0 Å². The Hall–Kier alpha value is -2.22. The Bertz CT molecular complexity index is 1560. The molecule has 3 aliphatic carbocycles. The van der Waals surface area contributed by atoms with E-state index in [9.17, 15) is 48.0 Å². The van der Waals surface area contributed by atoms with Gasteiger partial charge in [-0.25, -0.2) is 49.8 Å². The SMILES string of the molecule is C=C(C)CC1(S(=O)(=O)NC(=O)OC(C)(C)C)CC1.CC(C)(CC1(S(N)(=O)=O)CC1)OC(=O)C(F)(F)F.CC(C)=CC1(S(N)(=O)=O)CC1. The fraction of sp³-hybridized carbons (Fsp3) is 0.786. The van der Waals surface area contributed by atoms with Gasteiger partial charge >= 0.3 is 18.2 Å². The predicted molar refractivity (Wildman–Crippen MR) is 170 cm³/mol. The van der Waals surface area contributed by atoms with Crippen molar-refractivity contribution in [1.82, 2.24) is 4.72 Å². The van der Waals surface area contributed by atoms with Crippen molar-refractivity contribution in [2.24, 2.45) is 10.3 Å². The lowest BCUT2D eigenvalue weighted by molar-refractivity contribution is -0.212. The Labute approximate surface area is 276 Å². The lowest BCUT2D eigenvalue weighted by Crippen LogP contribution is -2.42. The maximum atomic E-state index is 12.1. The summed E-state index contributed by atoms with van der Waals surface area (Å²) in [5, 5.41) is 10.1. The van der Waals surface area contributed by atoms with E-state index in [0.29, 0.717) is 32.1 Å². The molecule has 5 N–H and O–H groups in total. The van der Waals surface area contributed by atoms with Crippen LogP contribution in [0.1, 0.15) is 107 Å². The van der Waals surface area contributed by atoms with E-state index in [0.717, 1.165) is 11.1 Å². The number of alkyl halides is 3. The van der Waals surface area contributed by atoms with Gasteiger partial charge in [0.15, 0.2) is 0 Å². The third kappa shape index (κ3) is 13.0. The monoisotopic (exact) mass is 739 g/mol. The predicted octanol–water partition coefficient (Wildman–Crippen LogP) is 4.20. The number of ether oxygens (including phenoxy) is 2. The summed E-state index contributed by atoms with van der Waals surface area (Å²) in [6.07, 6.45) is -1.15. The van der Waals surface area contributed by atoms with Gasteiger partial charge in [0.05, 0.1) is 9.49 Å². The molecule has 0 bridgehead atoms. The van der Waals surface area contributed by atoms with Crippen molar-refractivity contribution < 1.29 is 57.5 Å². The molecule has 13 nitrogen and oxygen atoms in total. The maximum absolute atomic E-state index is 12.1. The minimum absolute atomic E-state index is 0.249. The zero-order valence-electron chi connectivity index (χ0n) is 28.0. The molecule has 0 aliphatic heterocycles. The number of esters is 1.